The van der Waals surface area contributed by atoms with Crippen LogP contribution in [-0.2, 0) is 16.0 Å². The second-order valence-corrected chi connectivity index (χ2v) is 8.91. The fourth-order valence-electron chi connectivity index (χ4n) is 3.61. The molecule has 0 bridgehead atoms. The number of ether oxygens (including phenoxy) is 2. The van der Waals surface area contributed by atoms with Crippen molar-refractivity contribution in [2.75, 3.05) is 55.5 Å². The molecule has 0 aliphatic carbocycles. The Morgan fingerprint density at radius 2 is 1.27 bits per heavy atom. The summed E-state index contributed by atoms with van der Waals surface area (Å²) in [6, 6.07) is 27.1. The molecule has 40 heavy (non-hydrogen) atoms. The van der Waals surface area contributed by atoms with E-state index >= 15 is 0 Å². The maximum Gasteiger partial charge on any atom is 0.251 e. The Balaban J connectivity index is 1.18. The van der Waals surface area contributed by atoms with Crippen molar-refractivity contribution in [1.82, 2.24) is 20.3 Å². The first-order valence-electron chi connectivity index (χ1n) is 13.3. The SMILES string of the molecule is Cc1ccc(CNc2nc(NCCOCCOCCNC(=O)c3ccccc3)nc(Nc3ccccc3)n2)cc1. The highest BCUT2D eigenvalue weighted by atomic mass is 16.5. The second-order valence-electron chi connectivity index (χ2n) is 8.91. The van der Waals surface area contributed by atoms with Gasteiger partial charge in [0.25, 0.3) is 5.91 Å². The number of para-hydroxylation sites is 1. The average Bonchev–Trinajstić information content (AvgIpc) is 2.98. The zero-order valence-corrected chi connectivity index (χ0v) is 22.6. The predicted octanol–water partition coefficient (Wildman–Crippen LogP) is 4.41. The van der Waals surface area contributed by atoms with Crippen LogP contribution in [0.2, 0.25) is 0 Å². The maximum atomic E-state index is 12.0. The molecule has 1 heterocycles. The number of anilines is 4. The molecule has 10 nitrogen and oxygen atoms in total. The van der Waals surface area contributed by atoms with Crippen LogP contribution in [0.25, 0.3) is 0 Å². The van der Waals surface area contributed by atoms with Crippen molar-refractivity contribution in [3.8, 4) is 0 Å². The van der Waals surface area contributed by atoms with Gasteiger partial charge in [0.15, 0.2) is 0 Å². The van der Waals surface area contributed by atoms with Gasteiger partial charge in [-0.3, -0.25) is 4.79 Å². The van der Waals surface area contributed by atoms with Crippen LogP contribution in [-0.4, -0.2) is 60.4 Å². The van der Waals surface area contributed by atoms with Gasteiger partial charge in [0.2, 0.25) is 17.8 Å². The molecule has 10 heteroatoms. The van der Waals surface area contributed by atoms with E-state index in [-0.39, 0.29) is 5.91 Å². The topological polar surface area (TPSA) is 122 Å². The Labute approximate surface area is 234 Å². The molecular weight excluding hydrogens is 506 g/mol. The summed E-state index contributed by atoms with van der Waals surface area (Å²) in [5.41, 5.74) is 3.86. The Morgan fingerprint density at radius 3 is 1.98 bits per heavy atom. The van der Waals surface area contributed by atoms with E-state index in [0.29, 0.717) is 69.5 Å². The van der Waals surface area contributed by atoms with Gasteiger partial charge in [-0.15, -0.1) is 0 Å². The van der Waals surface area contributed by atoms with E-state index in [9.17, 15) is 4.79 Å². The molecule has 0 saturated heterocycles. The molecule has 0 aliphatic rings. The Morgan fingerprint density at radius 1 is 0.675 bits per heavy atom. The number of rotatable bonds is 16. The third-order valence-corrected chi connectivity index (χ3v) is 5.71. The first-order chi connectivity index (χ1) is 19.7. The quantitative estimate of drug-likeness (QED) is 0.153. The normalized spacial score (nSPS) is 10.6. The van der Waals surface area contributed by atoms with Crippen LogP contribution < -0.4 is 21.3 Å². The van der Waals surface area contributed by atoms with E-state index in [0.717, 1.165) is 11.3 Å². The number of amides is 1. The van der Waals surface area contributed by atoms with Crippen LogP contribution >= 0.6 is 0 Å². The largest absolute Gasteiger partial charge is 0.377 e. The highest BCUT2D eigenvalue weighted by Gasteiger charge is 2.08. The zero-order chi connectivity index (χ0) is 27.8. The van der Waals surface area contributed by atoms with Gasteiger partial charge < -0.3 is 30.7 Å². The lowest BCUT2D eigenvalue weighted by Crippen LogP contribution is -2.27. The van der Waals surface area contributed by atoms with Gasteiger partial charge >= 0.3 is 0 Å². The molecule has 0 saturated carbocycles. The second kappa shape index (κ2) is 15.8. The zero-order valence-electron chi connectivity index (χ0n) is 22.6. The van der Waals surface area contributed by atoms with E-state index in [2.05, 4.69) is 67.4 Å². The molecule has 4 N–H and O–H groups in total. The summed E-state index contributed by atoms with van der Waals surface area (Å²) in [4.78, 5) is 25.5. The summed E-state index contributed by atoms with van der Waals surface area (Å²) in [5.74, 6) is 1.23. The average molecular weight is 542 g/mol. The van der Waals surface area contributed by atoms with Crippen LogP contribution in [0, 0.1) is 6.92 Å². The lowest BCUT2D eigenvalue weighted by Gasteiger charge is -2.12. The molecule has 4 aromatic rings. The monoisotopic (exact) mass is 541 g/mol. The number of nitrogens with zero attached hydrogens (tertiary/aromatic N) is 3. The molecule has 1 amide bonds. The molecular formula is C30H35N7O3. The van der Waals surface area contributed by atoms with E-state index in [1.807, 2.05) is 48.5 Å². The number of aromatic nitrogens is 3. The molecule has 0 spiro atoms. The van der Waals surface area contributed by atoms with E-state index in [1.165, 1.54) is 5.56 Å². The van der Waals surface area contributed by atoms with Gasteiger partial charge in [-0.1, -0.05) is 66.2 Å². The van der Waals surface area contributed by atoms with E-state index in [1.54, 1.807) is 12.1 Å². The summed E-state index contributed by atoms with van der Waals surface area (Å²) in [6.07, 6.45) is 0. The van der Waals surface area contributed by atoms with Gasteiger partial charge in [0, 0.05) is 30.9 Å². The Kier molecular flexibility index (Phi) is 11.2. The fraction of sp³-hybridized carbons (Fsp3) is 0.267. The minimum absolute atomic E-state index is 0.111. The van der Waals surface area contributed by atoms with Crippen molar-refractivity contribution >= 4 is 29.4 Å². The highest BCUT2D eigenvalue weighted by Crippen LogP contribution is 2.16. The number of aryl methyl sites for hydroxylation is 1. The maximum absolute atomic E-state index is 12.0. The summed E-state index contributed by atoms with van der Waals surface area (Å²) < 4.78 is 11.2. The van der Waals surface area contributed by atoms with Gasteiger partial charge in [0.05, 0.1) is 26.4 Å². The van der Waals surface area contributed by atoms with Crippen molar-refractivity contribution in [2.45, 2.75) is 13.5 Å². The van der Waals surface area contributed by atoms with Crippen molar-refractivity contribution in [1.29, 1.82) is 0 Å². The summed E-state index contributed by atoms with van der Waals surface area (Å²) >= 11 is 0. The molecule has 1 aromatic heterocycles. The molecule has 0 aliphatic heterocycles. The molecule has 4 rings (SSSR count). The van der Waals surface area contributed by atoms with E-state index in [4.69, 9.17) is 9.47 Å². The number of nitrogens with one attached hydrogen (secondary N) is 4. The Bertz CT molecular complexity index is 1310. The number of carbonyl (C=O) groups is 1. The van der Waals surface area contributed by atoms with Crippen LogP contribution in [0.3, 0.4) is 0 Å². The summed E-state index contributed by atoms with van der Waals surface area (Å²) in [6.45, 7) is 5.35. The van der Waals surface area contributed by atoms with Crippen molar-refractivity contribution < 1.29 is 14.3 Å². The first-order valence-corrected chi connectivity index (χ1v) is 13.3. The molecule has 208 valence electrons. The lowest BCUT2D eigenvalue weighted by atomic mass is 10.1. The lowest BCUT2D eigenvalue weighted by molar-refractivity contribution is 0.0519. The van der Waals surface area contributed by atoms with Crippen LogP contribution in [0.1, 0.15) is 21.5 Å². The molecule has 0 unspecified atom stereocenters. The van der Waals surface area contributed by atoms with Crippen molar-refractivity contribution in [2.24, 2.45) is 0 Å². The van der Waals surface area contributed by atoms with Gasteiger partial charge in [0.1, 0.15) is 0 Å². The number of benzene rings is 3. The molecule has 0 atom stereocenters. The minimum Gasteiger partial charge on any atom is -0.377 e. The summed E-state index contributed by atoms with van der Waals surface area (Å²) in [7, 11) is 0. The van der Waals surface area contributed by atoms with Gasteiger partial charge in [-0.05, 0) is 36.8 Å². The van der Waals surface area contributed by atoms with Gasteiger partial charge in [-0.25, -0.2) is 0 Å². The van der Waals surface area contributed by atoms with Crippen LogP contribution in [0.4, 0.5) is 23.5 Å². The highest BCUT2D eigenvalue weighted by molar-refractivity contribution is 5.94. The Hall–Kier alpha value is -4.54. The third kappa shape index (κ3) is 9.97. The molecule has 0 fully saturated rings. The van der Waals surface area contributed by atoms with Crippen LogP contribution in [0.5, 0.6) is 0 Å². The minimum atomic E-state index is -0.111. The van der Waals surface area contributed by atoms with Crippen molar-refractivity contribution in [3.63, 3.8) is 0 Å². The van der Waals surface area contributed by atoms with Crippen molar-refractivity contribution in [3.05, 3.63) is 102 Å². The number of hydrogen-bond acceptors (Lipinski definition) is 9. The third-order valence-electron chi connectivity index (χ3n) is 5.71. The smallest absolute Gasteiger partial charge is 0.251 e. The standard InChI is InChI=1S/C30H35N7O3/c1-23-12-14-24(15-13-23)22-33-29-35-28(36-30(37-29)34-26-10-6-3-7-11-26)32-17-19-40-21-20-39-18-16-31-27(38)25-8-4-2-5-9-25/h2-15H,16-22H2,1H3,(H,31,38)(H3,32,33,34,35,36,37). The first kappa shape index (κ1) is 28.5. The molecule has 0 radical (unpaired) electrons. The van der Waals surface area contributed by atoms with Gasteiger partial charge in [-0.2, -0.15) is 15.0 Å². The molecule has 3 aromatic carbocycles. The fourth-order valence-corrected chi connectivity index (χ4v) is 3.61. The van der Waals surface area contributed by atoms with E-state index < -0.39 is 0 Å². The summed E-state index contributed by atoms with van der Waals surface area (Å²) in [5, 5.41) is 12.5. The number of hydrogen-bond donors (Lipinski definition) is 4. The number of carbonyl (C=O) groups excluding carboxylic acids is 1. The predicted molar refractivity (Wildman–Crippen MR) is 157 cm³/mol. The van der Waals surface area contributed by atoms with Crippen LogP contribution in [0.15, 0.2) is 84.9 Å².